The van der Waals surface area contributed by atoms with Gasteiger partial charge in [0.2, 0.25) is 0 Å². The van der Waals surface area contributed by atoms with Crippen LogP contribution in [0.15, 0.2) is 72.8 Å². The van der Waals surface area contributed by atoms with Gasteiger partial charge in [-0.25, -0.2) is 0 Å². The molecule has 0 aromatic heterocycles. The van der Waals surface area contributed by atoms with Crippen LogP contribution in [0.25, 0.3) is 0 Å². The number of nitrogens with zero attached hydrogens (tertiary/aromatic N) is 1. The summed E-state index contributed by atoms with van der Waals surface area (Å²) in [5.41, 5.74) is 1.19. The second kappa shape index (κ2) is 11.1. The molecule has 0 aliphatic carbocycles. The van der Waals surface area contributed by atoms with Crippen molar-refractivity contribution in [3.63, 3.8) is 0 Å². The molecule has 8 nitrogen and oxygen atoms in total. The molecule has 0 atom stereocenters. The van der Waals surface area contributed by atoms with Crippen molar-refractivity contribution in [3.8, 4) is 23.0 Å². The van der Waals surface area contributed by atoms with E-state index < -0.39 is 0 Å². The molecule has 4 rings (SSSR count). The fourth-order valence-corrected chi connectivity index (χ4v) is 3.44. The molecule has 0 unspecified atom stereocenters. The first-order valence-corrected chi connectivity index (χ1v) is 11.0. The van der Waals surface area contributed by atoms with Crippen molar-refractivity contribution in [2.24, 2.45) is 0 Å². The molecule has 1 aliphatic rings. The van der Waals surface area contributed by atoms with E-state index in [1.54, 1.807) is 47.4 Å². The number of hydrogen-bond donors (Lipinski definition) is 1. The Hall–Kier alpha value is -4.20. The lowest BCUT2D eigenvalue weighted by Crippen LogP contribution is -2.41. The topological polar surface area (TPSA) is 86.3 Å². The molecule has 0 fully saturated rings. The number of ether oxygens (including phenoxy) is 4. The summed E-state index contributed by atoms with van der Waals surface area (Å²) in [6.07, 6.45) is 0. The van der Waals surface area contributed by atoms with Crippen LogP contribution in [0.2, 0.25) is 0 Å². The zero-order valence-electron chi connectivity index (χ0n) is 18.9. The predicted molar refractivity (Wildman–Crippen MR) is 128 cm³/mol. The van der Waals surface area contributed by atoms with Crippen LogP contribution in [0.1, 0.15) is 6.92 Å². The summed E-state index contributed by atoms with van der Waals surface area (Å²) >= 11 is 0. The van der Waals surface area contributed by atoms with E-state index >= 15 is 0 Å². The van der Waals surface area contributed by atoms with Gasteiger partial charge in [0.1, 0.15) is 29.6 Å². The molecule has 34 heavy (non-hydrogen) atoms. The van der Waals surface area contributed by atoms with Gasteiger partial charge in [-0.05, 0) is 55.5 Å². The number of hydrogen-bond acceptors (Lipinski definition) is 6. The summed E-state index contributed by atoms with van der Waals surface area (Å²) in [6, 6.07) is 21.7. The van der Waals surface area contributed by atoms with Crippen LogP contribution >= 0.6 is 0 Å². The molecular formula is C26H26N2O6. The monoisotopic (exact) mass is 462 g/mol. The molecule has 1 aliphatic heterocycles. The molecule has 1 N–H and O–H groups in total. The molecule has 2 amide bonds. The molecule has 3 aromatic rings. The predicted octanol–water partition coefficient (Wildman–Crippen LogP) is 3.91. The maximum atomic E-state index is 12.4. The van der Waals surface area contributed by atoms with Crippen LogP contribution in [0, 0.1) is 0 Å². The van der Waals surface area contributed by atoms with Gasteiger partial charge < -0.3 is 29.2 Å². The van der Waals surface area contributed by atoms with E-state index in [-0.39, 0.29) is 25.0 Å². The number of carbonyl (C=O) groups excluding carboxylic acids is 2. The van der Waals surface area contributed by atoms with Gasteiger partial charge in [0, 0.05) is 11.8 Å². The standard InChI is InChI=1S/C26H26N2O6/c1-2-31-21-9-11-22(12-10-21)33-17-25(29)27-19-8-13-23-24(16-19)34-18-26(30)28(23)14-15-32-20-6-4-3-5-7-20/h3-13,16H,2,14-15,17-18H2,1H3,(H,27,29). The molecule has 8 heteroatoms. The second-order valence-corrected chi connectivity index (χ2v) is 7.42. The Bertz CT molecular complexity index is 1120. The molecule has 0 spiro atoms. The minimum absolute atomic E-state index is 0.0728. The smallest absolute Gasteiger partial charge is 0.265 e. The first-order valence-electron chi connectivity index (χ1n) is 11.0. The van der Waals surface area contributed by atoms with E-state index in [1.807, 2.05) is 37.3 Å². The quantitative estimate of drug-likeness (QED) is 0.492. The number of amides is 2. The number of carbonyl (C=O) groups is 2. The second-order valence-electron chi connectivity index (χ2n) is 7.42. The van der Waals surface area contributed by atoms with Crippen LogP contribution in [-0.2, 0) is 9.59 Å². The van der Waals surface area contributed by atoms with Gasteiger partial charge in [0.25, 0.3) is 11.8 Å². The molecule has 0 radical (unpaired) electrons. The molecule has 1 heterocycles. The lowest BCUT2D eigenvalue weighted by molar-refractivity contribution is -0.121. The average molecular weight is 463 g/mol. The highest BCUT2D eigenvalue weighted by Crippen LogP contribution is 2.34. The van der Waals surface area contributed by atoms with Crippen molar-refractivity contribution in [1.29, 1.82) is 0 Å². The molecule has 3 aromatic carbocycles. The number of anilines is 2. The SMILES string of the molecule is CCOc1ccc(OCC(=O)Nc2ccc3c(c2)OCC(=O)N3CCOc2ccccc2)cc1. The van der Waals surface area contributed by atoms with E-state index in [9.17, 15) is 9.59 Å². The number of benzene rings is 3. The summed E-state index contributed by atoms with van der Waals surface area (Å²) in [5, 5.41) is 2.79. The molecule has 176 valence electrons. The number of fused-ring (bicyclic) bond motifs is 1. The van der Waals surface area contributed by atoms with Crippen molar-refractivity contribution in [3.05, 3.63) is 72.8 Å². The van der Waals surface area contributed by atoms with Crippen LogP contribution < -0.4 is 29.2 Å². The largest absolute Gasteiger partial charge is 0.494 e. The highest BCUT2D eigenvalue weighted by Gasteiger charge is 2.25. The number of para-hydroxylation sites is 1. The van der Waals surface area contributed by atoms with Gasteiger partial charge >= 0.3 is 0 Å². The number of nitrogens with one attached hydrogen (secondary N) is 1. The lowest BCUT2D eigenvalue weighted by Gasteiger charge is -2.29. The van der Waals surface area contributed by atoms with Gasteiger partial charge in [0.15, 0.2) is 13.2 Å². The Labute approximate surface area is 198 Å². The Morgan fingerprint density at radius 3 is 2.38 bits per heavy atom. The van der Waals surface area contributed by atoms with Gasteiger partial charge in [-0.3, -0.25) is 9.59 Å². The van der Waals surface area contributed by atoms with Gasteiger partial charge in [-0.2, -0.15) is 0 Å². The zero-order valence-corrected chi connectivity index (χ0v) is 18.9. The first-order chi connectivity index (χ1) is 16.6. The van der Waals surface area contributed by atoms with Crippen molar-refractivity contribution < 1.29 is 28.5 Å². The highest BCUT2D eigenvalue weighted by molar-refractivity contribution is 5.99. The Morgan fingerprint density at radius 2 is 1.65 bits per heavy atom. The fourth-order valence-electron chi connectivity index (χ4n) is 3.44. The van der Waals surface area contributed by atoms with Crippen molar-refractivity contribution >= 4 is 23.2 Å². The summed E-state index contributed by atoms with van der Waals surface area (Å²) in [4.78, 5) is 26.4. The minimum Gasteiger partial charge on any atom is -0.494 e. The fraction of sp³-hybridized carbons (Fsp3) is 0.231. The third-order valence-corrected chi connectivity index (χ3v) is 5.02. The van der Waals surface area contributed by atoms with Crippen LogP contribution in [0.4, 0.5) is 11.4 Å². The Kier molecular flexibility index (Phi) is 7.49. The third-order valence-electron chi connectivity index (χ3n) is 5.02. The van der Waals surface area contributed by atoms with Crippen molar-refractivity contribution in [2.75, 3.05) is 43.2 Å². The van der Waals surface area contributed by atoms with Crippen LogP contribution in [-0.4, -0.2) is 44.8 Å². The van der Waals surface area contributed by atoms with Crippen molar-refractivity contribution in [2.45, 2.75) is 6.92 Å². The highest BCUT2D eigenvalue weighted by atomic mass is 16.5. The molecule has 0 bridgehead atoms. The zero-order chi connectivity index (χ0) is 23.8. The number of rotatable bonds is 10. The van der Waals surface area contributed by atoms with Gasteiger partial charge in [-0.15, -0.1) is 0 Å². The van der Waals surface area contributed by atoms with Gasteiger partial charge in [0.05, 0.1) is 18.8 Å². The molecule has 0 saturated carbocycles. The van der Waals surface area contributed by atoms with Gasteiger partial charge in [-0.1, -0.05) is 18.2 Å². The Balaban J connectivity index is 1.32. The third kappa shape index (κ3) is 5.98. The minimum atomic E-state index is -0.311. The normalized spacial score (nSPS) is 12.4. The maximum absolute atomic E-state index is 12.4. The van der Waals surface area contributed by atoms with Crippen LogP contribution in [0.5, 0.6) is 23.0 Å². The maximum Gasteiger partial charge on any atom is 0.265 e. The first kappa shape index (κ1) is 23.0. The summed E-state index contributed by atoms with van der Waals surface area (Å²) in [7, 11) is 0. The summed E-state index contributed by atoms with van der Waals surface area (Å²) in [6.45, 7) is 3.00. The summed E-state index contributed by atoms with van der Waals surface area (Å²) < 4.78 is 22.2. The van der Waals surface area contributed by atoms with E-state index in [0.29, 0.717) is 42.6 Å². The van der Waals surface area contributed by atoms with E-state index in [2.05, 4.69) is 5.32 Å². The average Bonchev–Trinajstić information content (AvgIpc) is 2.86. The summed E-state index contributed by atoms with van der Waals surface area (Å²) in [5.74, 6) is 2.11. The van der Waals surface area contributed by atoms with Crippen LogP contribution in [0.3, 0.4) is 0 Å². The van der Waals surface area contributed by atoms with E-state index in [4.69, 9.17) is 18.9 Å². The van der Waals surface area contributed by atoms with E-state index in [0.717, 1.165) is 11.5 Å². The van der Waals surface area contributed by atoms with Crippen molar-refractivity contribution in [1.82, 2.24) is 0 Å². The molecular weight excluding hydrogens is 436 g/mol. The molecule has 0 saturated heterocycles. The Morgan fingerprint density at radius 1 is 0.941 bits per heavy atom. The lowest BCUT2D eigenvalue weighted by atomic mass is 10.2. The van der Waals surface area contributed by atoms with E-state index in [1.165, 1.54) is 0 Å².